The number of rotatable bonds is 3. The van der Waals surface area contributed by atoms with Crippen LogP contribution in [0.15, 0.2) is 36.4 Å². The smallest absolute Gasteiger partial charge is 0.307 e. The van der Waals surface area contributed by atoms with Crippen LogP contribution in [0, 0.1) is 0 Å². The average Bonchev–Trinajstić information content (AvgIpc) is 2.64. The molecule has 0 unspecified atom stereocenters. The third kappa shape index (κ3) is 2.48. The van der Waals surface area contributed by atoms with Crippen LogP contribution < -0.4 is 4.74 Å². The number of hydrogen-bond donors (Lipinski definition) is 1. The molecule has 0 atom stereocenters. The lowest BCUT2D eigenvalue weighted by atomic mass is 9.95. The molecule has 0 saturated heterocycles. The van der Waals surface area contributed by atoms with E-state index in [0.717, 1.165) is 17.5 Å². The van der Waals surface area contributed by atoms with Crippen molar-refractivity contribution >= 4 is 11.8 Å². The maximum atomic E-state index is 12.8. The van der Waals surface area contributed by atoms with Crippen LogP contribution >= 0.6 is 0 Å². The molecule has 0 aliphatic heterocycles. The summed E-state index contributed by atoms with van der Waals surface area (Å²) >= 11 is 0. The average molecular weight is 296 g/mol. The molecule has 1 N–H and O–H groups in total. The van der Waals surface area contributed by atoms with E-state index in [9.17, 15) is 9.59 Å². The largest absolute Gasteiger partial charge is 0.496 e. The molecule has 0 amide bonds. The van der Waals surface area contributed by atoms with Crippen molar-refractivity contribution in [2.24, 2.45) is 0 Å². The SMILES string of the molecule is COc1cc(CC(=O)O)cc2c1C(=O)c1ccccc1CC2. The Labute approximate surface area is 128 Å². The predicted molar refractivity (Wildman–Crippen MR) is 81.6 cm³/mol. The number of benzene rings is 2. The summed E-state index contributed by atoms with van der Waals surface area (Å²) in [7, 11) is 1.50. The number of hydrogen-bond acceptors (Lipinski definition) is 3. The molecule has 1 aliphatic carbocycles. The first-order valence-corrected chi connectivity index (χ1v) is 7.14. The molecule has 1 aliphatic rings. The van der Waals surface area contributed by atoms with Gasteiger partial charge in [0, 0.05) is 5.56 Å². The summed E-state index contributed by atoms with van der Waals surface area (Å²) in [6.07, 6.45) is 1.38. The Kier molecular flexibility index (Phi) is 3.67. The van der Waals surface area contributed by atoms with Crippen molar-refractivity contribution in [3.05, 3.63) is 64.2 Å². The molecular weight excluding hydrogens is 280 g/mol. The second-order valence-electron chi connectivity index (χ2n) is 5.39. The van der Waals surface area contributed by atoms with Crippen LogP contribution in [0.2, 0.25) is 0 Å². The maximum Gasteiger partial charge on any atom is 0.307 e. The molecule has 0 spiro atoms. The minimum atomic E-state index is -0.898. The molecule has 22 heavy (non-hydrogen) atoms. The molecular formula is C18H16O4. The number of aliphatic carboxylic acids is 1. The van der Waals surface area contributed by atoms with Crippen molar-refractivity contribution in [2.75, 3.05) is 7.11 Å². The Hall–Kier alpha value is -2.62. The first kappa shape index (κ1) is 14.3. The summed E-state index contributed by atoms with van der Waals surface area (Å²) in [5.74, 6) is -0.498. The number of aryl methyl sites for hydroxylation is 2. The number of carbonyl (C=O) groups is 2. The van der Waals surface area contributed by atoms with Crippen LogP contribution in [0.1, 0.15) is 32.6 Å². The molecule has 3 rings (SSSR count). The van der Waals surface area contributed by atoms with Gasteiger partial charge in [-0.3, -0.25) is 9.59 Å². The van der Waals surface area contributed by atoms with E-state index in [2.05, 4.69) is 0 Å². The van der Waals surface area contributed by atoms with Gasteiger partial charge in [-0.2, -0.15) is 0 Å². The number of carboxylic acid groups (broad SMARTS) is 1. The number of fused-ring (bicyclic) bond motifs is 2. The van der Waals surface area contributed by atoms with Crippen LogP contribution in [-0.4, -0.2) is 24.0 Å². The summed E-state index contributed by atoms with van der Waals surface area (Å²) in [6, 6.07) is 11.0. The van der Waals surface area contributed by atoms with Gasteiger partial charge in [0.05, 0.1) is 19.1 Å². The van der Waals surface area contributed by atoms with Crippen molar-refractivity contribution in [1.82, 2.24) is 0 Å². The highest BCUT2D eigenvalue weighted by Gasteiger charge is 2.25. The monoisotopic (exact) mass is 296 g/mol. The van der Waals surface area contributed by atoms with Gasteiger partial charge in [0.15, 0.2) is 5.78 Å². The minimum absolute atomic E-state index is 0.0539. The Bertz CT molecular complexity index is 762. The quantitative estimate of drug-likeness (QED) is 0.945. The number of ether oxygens (including phenoxy) is 1. The summed E-state index contributed by atoms with van der Waals surface area (Å²) in [5, 5.41) is 8.98. The fourth-order valence-electron chi connectivity index (χ4n) is 2.99. The van der Waals surface area contributed by atoms with E-state index in [4.69, 9.17) is 9.84 Å². The first-order chi connectivity index (χ1) is 10.6. The molecule has 4 heteroatoms. The number of carboxylic acids is 1. The molecule has 0 aromatic heterocycles. The second kappa shape index (κ2) is 5.64. The van der Waals surface area contributed by atoms with Crippen LogP contribution in [0.25, 0.3) is 0 Å². The van der Waals surface area contributed by atoms with E-state index >= 15 is 0 Å². The fraction of sp³-hybridized carbons (Fsp3) is 0.222. The molecule has 0 heterocycles. The lowest BCUT2D eigenvalue weighted by Gasteiger charge is -2.13. The van der Waals surface area contributed by atoms with E-state index < -0.39 is 5.97 Å². The van der Waals surface area contributed by atoms with Crippen molar-refractivity contribution in [3.8, 4) is 5.75 Å². The summed E-state index contributed by atoms with van der Waals surface area (Å²) in [5.41, 5.74) is 3.79. The number of carbonyl (C=O) groups excluding carboxylic acids is 1. The third-order valence-electron chi connectivity index (χ3n) is 3.97. The Balaban J connectivity index is 2.15. The zero-order chi connectivity index (χ0) is 15.7. The topological polar surface area (TPSA) is 63.6 Å². The lowest BCUT2D eigenvalue weighted by molar-refractivity contribution is -0.136. The third-order valence-corrected chi connectivity index (χ3v) is 3.97. The van der Waals surface area contributed by atoms with Gasteiger partial charge in [0.2, 0.25) is 0 Å². The Morgan fingerprint density at radius 1 is 1.18 bits per heavy atom. The normalized spacial score (nSPS) is 13.0. The van der Waals surface area contributed by atoms with Gasteiger partial charge in [0.1, 0.15) is 5.75 Å². The molecule has 0 fully saturated rings. The molecule has 112 valence electrons. The Morgan fingerprint density at radius 3 is 2.64 bits per heavy atom. The van der Waals surface area contributed by atoms with Crippen molar-refractivity contribution in [1.29, 1.82) is 0 Å². The second-order valence-corrected chi connectivity index (χ2v) is 5.39. The van der Waals surface area contributed by atoms with Gasteiger partial charge in [-0.1, -0.05) is 30.3 Å². The van der Waals surface area contributed by atoms with Gasteiger partial charge < -0.3 is 9.84 Å². The minimum Gasteiger partial charge on any atom is -0.496 e. The zero-order valence-electron chi connectivity index (χ0n) is 12.3. The van der Waals surface area contributed by atoms with Gasteiger partial charge in [-0.05, 0) is 35.6 Å². The van der Waals surface area contributed by atoms with E-state index in [0.29, 0.717) is 28.9 Å². The molecule has 4 nitrogen and oxygen atoms in total. The Morgan fingerprint density at radius 2 is 1.91 bits per heavy atom. The predicted octanol–water partition coefficient (Wildman–Crippen LogP) is 2.65. The molecule has 2 aromatic rings. The van der Waals surface area contributed by atoms with Gasteiger partial charge in [-0.15, -0.1) is 0 Å². The molecule has 0 radical (unpaired) electrons. The molecule has 2 aromatic carbocycles. The first-order valence-electron chi connectivity index (χ1n) is 7.14. The highest BCUT2D eigenvalue weighted by Crippen LogP contribution is 2.32. The van der Waals surface area contributed by atoms with E-state index in [1.165, 1.54) is 7.11 Å². The van der Waals surface area contributed by atoms with E-state index in [-0.39, 0.29) is 12.2 Å². The van der Waals surface area contributed by atoms with Gasteiger partial charge in [-0.25, -0.2) is 0 Å². The molecule has 0 bridgehead atoms. The van der Waals surface area contributed by atoms with Gasteiger partial charge in [0.25, 0.3) is 0 Å². The van der Waals surface area contributed by atoms with Gasteiger partial charge >= 0.3 is 5.97 Å². The van der Waals surface area contributed by atoms with Crippen LogP contribution in [0.4, 0.5) is 0 Å². The van der Waals surface area contributed by atoms with Crippen LogP contribution in [0.3, 0.4) is 0 Å². The standard InChI is InChI=1S/C18H16O4/c1-22-15-9-11(10-16(19)20)8-13-7-6-12-4-2-3-5-14(12)18(21)17(13)15/h2-5,8-9H,6-7,10H2,1H3,(H,19,20). The lowest BCUT2D eigenvalue weighted by Crippen LogP contribution is -2.09. The maximum absolute atomic E-state index is 12.8. The number of methoxy groups -OCH3 is 1. The number of ketones is 1. The fourth-order valence-corrected chi connectivity index (χ4v) is 2.99. The zero-order valence-corrected chi connectivity index (χ0v) is 12.3. The summed E-state index contributed by atoms with van der Waals surface area (Å²) in [6.45, 7) is 0. The van der Waals surface area contributed by atoms with Crippen molar-refractivity contribution in [2.45, 2.75) is 19.3 Å². The van der Waals surface area contributed by atoms with E-state index in [1.807, 2.05) is 30.3 Å². The van der Waals surface area contributed by atoms with Crippen LogP contribution in [-0.2, 0) is 24.1 Å². The summed E-state index contributed by atoms with van der Waals surface area (Å²) in [4.78, 5) is 23.8. The highest BCUT2D eigenvalue weighted by atomic mass is 16.5. The van der Waals surface area contributed by atoms with Crippen molar-refractivity contribution in [3.63, 3.8) is 0 Å². The highest BCUT2D eigenvalue weighted by molar-refractivity contribution is 6.13. The van der Waals surface area contributed by atoms with E-state index in [1.54, 1.807) is 6.07 Å². The van der Waals surface area contributed by atoms with Crippen molar-refractivity contribution < 1.29 is 19.4 Å². The molecule has 0 saturated carbocycles. The van der Waals surface area contributed by atoms with Crippen LogP contribution in [0.5, 0.6) is 5.75 Å². The summed E-state index contributed by atoms with van der Waals surface area (Å²) < 4.78 is 5.36.